The highest BCUT2D eigenvalue weighted by molar-refractivity contribution is 5.86. The lowest BCUT2D eigenvalue weighted by molar-refractivity contribution is -0.134. The summed E-state index contributed by atoms with van der Waals surface area (Å²) in [6.45, 7) is 11.4. The van der Waals surface area contributed by atoms with Crippen LogP contribution in [-0.2, 0) is 4.79 Å². The molecule has 4 heteroatoms. The highest BCUT2D eigenvalue weighted by Gasteiger charge is 2.23. The molecule has 0 N–H and O–H groups in total. The van der Waals surface area contributed by atoms with Gasteiger partial charge in [-0.15, -0.1) is 0 Å². The Hall–Kier alpha value is -2.10. The summed E-state index contributed by atoms with van der Waals surface area (Å²) in [5.41, 5.74) is 3.55. The van der Waals surface area contributed by atoms with Gasteiger partial charge < -0.3 is 9.80 Å². The number of amides is 1. The number of nitrogens with zero attached hydrogens (tertiary/aromatic N) is 3. The number of carbonyl (C=O) groups is 1. The maximum Gasteiger partial charge on any atom is 0.225 e. The van der Waals surface area contributed by atoms with Crippen molar-refractivity contribution in [2.75, 3.05) is 31.1 Å². The molecular weight excluding hydrogens is 286 g/mol. The van der Waals surface area contributed by atoms with Gasteiger partial charge in [0.1, 0.15) is 5.82 Å². The van der Waals surface area contributed by atoms with Gasteiger partial charge in [0, 0.05) is 37.5 Å². The summed E-state index contributed by atoms with van der Waals surface area (Å²) in [5, 5.41) is 1.22. The number of hydrogen-bond acceptors (Lipinski definition) is 3. The van der Waals surface area contributed by atoms with E-state index in [9.17, 15) is 4.79 Å². The molecule has 1 aromatic heterocycles. The van der Waals surface area contributed by atoms with Crippen LogP contribution in [0, 0.1) is 19.8 Å². The topological polar surface area (TPSA) is 36.4 Å². The highest BCUT2D eigenvalue weighted by Crippen LogP contribution is 2.25. The van der Waals surface area contributed by atoms with E-state index in [-0.39, 0.29) is 11.8 Å². The molecule has 1 fully saturated rings. The molecule has 0 saturated carbocycles. The molecule has 0 aliphatic carbocycles. The minimum absolute atomic E-state index is 0.0743. The van der Waals surface area contributed by atoms with Gasteiger partial charge in [-0.05, 0) is 31.0 Å². The standard InChI is InChI=1S/C19H25N3O/c1-13(2)19(23)22-10-8-21(9-11-22)17-12-15(4)16-7-5-6-14(3)18(16)20-17/h5-7,12-13H,8-11H2,1-4H3. The summed E-state index contributed by atoms with van der Waals surface area (Å²) in [5.74, 6) is 1.36. The number of benzene rings is 1. The largest absolute Gasteiger partial charge is 0.353 e. The lowest BCUT2D eigenvalue weighted by Gasteiger charge is -2.36. The molecule has 1 amide bonds. The Balaban J connectivity index is 1.83. The van der Waals surface area contributed by atoms with Crippen LogP contribution >= 0.6 is 0 Å². The Bertz CT molecular complexity index is 731. The molecular formula is C19H25N3O. The van der Waals surface area contributed by atoms with E-state index in [1.807, 2.05) is 18.7 Å². The van der Waals surface area contributed by atoms with Crippen LogP contribution in [-0.4, -0.2) is 42.0 Å². The minimum atomic E-state index is 0.0743. The van der Waals surface area contributed by atoms with Gasteiger partial charge in [0.25, 0.3) is 0 Å². The van der Waals surface area contributed by atoms with Crippen molar-refractivity contribution in [3.8, 4) is 0 Å². The number of anilines is 1. The van der Waals surface area contributed by atoms with Gasteiger partial charge in [-0.1, -0.05) is 32.0 Å². The summed E-state index contributed by atoms with van der Waals surface area (Å²) < 4.78 is 0. The van der Waals surface area contributed by atoms with E-state index in [2.05, 4.69) is 43.0 Å². The minimum Gasteiger partial charge on any atom is -0.353 e. The van der Waals surface area contributed by atoms with Crippen molar-refractivity contribution in [3.63, 3.8) is 0 Å². The molecule has 4 nitrogen and oxygen atoms in total. The van der Waals surface area contributed by atoms with E-state index >= 15 is 0 Å². The van der Waals surface area contributed by atoms with Crippen LogP contribution in [0.15, 0.2) is 24.3 Å². The molecule has 0 unspecified atom stereocenters. The highest BCUT2D eigenvalue weighted by atomic mass is 16.2. The predicted octanol–water partition coefficient (Wildman–Crippen LogP) is 3.16. The average molecular weight is 311 g/mol. The molecule has 0 spiro atoms. The summed E-state index contributed by atoms with van der Waals surface area (Å²) >= 11 is 0. The first kappa shape index (κ1) is 15.8. The fourth-order valence-corrected chi connectivity index (χ4v) is 3.23. The van der Waals surface area contributed by atoms with E-state index in [1.54, 1.807) is 0 Å². The first-order valence-electron chi connectivity index (χ1n) is 8.38. The molecule has 3 rings (SSSR count). The number of aromatic nitrogens is 1. The van der Waals surface area contributed by atoms with Crippen LogP contribution in [0.5, 0.6) is 0 Å². The third kappa shape index (κ3) is 3.03. The van der Waals surface area contributed by atoms with Crippen LogP contribution in [0.2, 0.25) is 0 Å². The third-order valence-corrected chi connectivity index (χ3v) is 4.64. The summed E-state index contributed by atoms with van der Waals surface area (Å²) in [6, 6.07) is 8.50. The first-order chi connectivity index (χ1) is 11.0. The summed E-state index contributed by atoms with van der Waals surface area (Å²) in [6.07, 6.45) is 0. The fraction of sp³-hybridized carbons (Fsp3) is 0.474. The molecule has 2 heterocycles. The number of rotatable bonds is 2. The Morgan fingerprint density at radius 1 is 1.09 bits per heavy atom. The number of pyridine rings is 1. The van der Waals surface area contributed by atoms with Crippen molar-refractivity contribution in [1.29, 1.82) is 0 Å². The zero-order valence-corrected chi connectivity index (χ0v) is 14.5. The van der Waals surface area contributed by atoms with E-state index in [0.717, 1.165) is 37.5 Å². The second-order valence-corrected chi connectivity index (χ2v) is 6.74. The normalized spacial score (nSPS) is 15.5. The third-order valence-electron chi connectivity index (χ3n) is 4.64. The van der Waals surface area contributed by atoms with Crippen molar-refractivity contribution in [1.82, 2.24) is 9.88 Å². The van der Waals surface area contributed by atoms with Gasteiger partial charge >= 0.3 is 0 Å². The number of hydrogen-bond donors (Lipinski definition) is 0. The smallest absolute Gasteiger partial charge is 0.225 e. The Morgan fingerprint density at radius 2 is 1.78 bits per heavy atom. The average Bonchev–Trinajstić information content (AvgIpc) is 2.55. The van der Waals surface area contributed by atoms with E-state index in [0.29, 0.717) is 0 Å². The number of para-hydroxylation sites is 1. The summed E-state index contributed by atoms with van der Waals surface area (Å²) in [4.78, 5) is 21.3. The molecule has 1 saturated heterocycles. The van der Waals surface area contributed by atoms with Crippen LogP contribution in [0.4, 0.5) is 5.82 Å². The molecule has 23 heavy (non-hydrogen) atoms. The van der Waals surface area contributed by atoms with Crippen LogP contribution in [0.25, 0.3) is 10.9 Å². The number of piperazine rings is 1. The van der Waals surface area contributed by atoms with Crippen molar-refractivity contribution < 1.29 is 4.79 Å². The van der Waals surface area contributed by atoms with Crippen LogP contribution < -0.4 is 4.90 Å². The Morgan fingerprint density at radius 3 is 2.43 bits per heavy atom. The molecule has 1 aromatic carbocycles. The van der Waals surface area contributed by atoms with Crippen molar-refractivity contribution in [2.24, 2.45) is 5.92 Å². The van der Waals surface area contributed by atoms with Gasteiger partial charge in [-0.3, -0.25) is 4.79 Å². The Kier molecular flexibility index (Phi) is 4.24. The SMILES string of the molecule is Cc1cc(N2CCN(C(=O)C(C)C)CC2)nc2c(C)cccc12. The van der Waals surface area contributed by atoms with E-state index in [4.69, 9.17) is 4.98 Å². The number of aryl methyl sites for hydroxylation is 2. The number of carbonyl (C=O) groups excluding carboxylic acids is 1. The lowest BCUT2D eigenvalue weighted by Crippen LogP contribution is -2.50. The first-order valence-corrected chi connectivity index (χ1v) is 8.38. The maximum absolute atomic E-state index is 12.1. The van der Waals surface area contributed by atoms with Gasteiger partial charge in [0.15, 0.2) is 0 Å². The monoisotopic (exact) mass is 311 g/mol. The van der Waals surface area contributed by atoms with Crippen LogP contribution in [0.3, 0.4) is 0 Å². The zero-order valence-electron chi connectivity index (χ0n) is 14.5. The second-order valence-electron chi connectivity index (χ2n) is 6.74. The van der Waals surface area contributed by atoms with Gasteiger partial charge in [-0.2, -0.15) is 0 Å². The van der Waals surface area contributed by atoms with E-state index < -0.39 is 0 Å². The second kappa shape index (κ2) is 6.19. The predicted molar refractivity (Wildman–Crippen MR) is 94.8 cm³/mol. The van der Waals surface area contributed by atoms with E-state index in [1.165, 1.54) is 16.5 Å². The van der Waals surface area contributed by atoms with Gasteiger partial charge in [-0.25, -0.2) is 4.98 Å². The van der Waals surface area contributed by atoms with Crippen molar-refractivity contribution in [2.45, 2.75) is 27.7 Å². The van der Waals surface area contributed by atoms with Crippen LogP contribution in [0.1, 0.15) is 25.0 Å². The molecule has 122 valence electrons. The fourth-order valence-electron chi connectivity index (χ4n) is 3.23. The zero-order chi connectivity index (χ0) is 16.6. The lowest BCUT2D eigenvalue weighted by atomic mass is 10.1. The molecule has 0 bridgehead atoms. The quantitative estimate of drug-likeness (QED) is 0.855. The maximum atomic E-state index is 12.1. The van der Waals surface area contributed by atoms with Gasteiger partial charge in [0.05, 0.1) is 5.52 Å². The summed E-state index contributed by atoms with van der Waals surface area (Å²) in [7, 11) is 0. The molecule has 1 aliphatic heterocycles. The Labute approximate surface area is 138 Å². The number of fused-ring (bicyclic) bond motifs is 1. The van der Waals surface area contributed by atoms with Gasteiger partial charge in [0.2, 0.25) is 5.91 Å². The molecule has 2 aromatic rings. The molecule has 1 aliphatic rings. The van der Waals surface area contributed by atoms with Crippen molar-refractivity contribution in [3.05, 3.63) is 35.4 Å². The van der Waals surface area contributed by atoms with Crippen molar-refractivity contribution >= 4 is 22.6 Å². The molecule has 0 atom stereocenters. The molecule has 0 radical (unpaired) electrons.